The number of fused-ring (bicyclic) bond motifs is 1. The summed E-state index contributed by atoms with van der Waals surface area (Å²) in [5.74, 6) is 1.93. The second kappa shape index (κ2) is 8.34. The zero-order valence-electron chi connectivity index (χ0n) is 15.8. The highest BCUT2D eigenvalue weighted by Crippen LogP contribution is 2.39. The third kappa shape index (κ3) is 4.13. The minimum Gasteiger partial charge on any atom is -0.485 e. The summed E-state index contributed by atoms with van der Waals surface area (Å²) >= 11 is 3.34. The average molecular weight is 429 g/mol. The molecule has 3 aromatic rings. The van der Waals surface area contributed by atoms with Crippen molar-refractivity contribution in [1.82, 2.24) is 10.3 Å². The fourth-order valence-electron chi connectivity index (χ4n) is 3.67. The third-order valence-electron chi connectivity index (χ3n) is 5.27. The molecule has 0 radical (unpaired) electrons. The van der Waals surface area contributed by atoms with Crippen LogP contribution in [0.1, 0.15) is 28.6 Å². The van der Waals surface area contributed by atoms with Crippen molar-refractivity contribution in [3.8, 4) is 22.6 Å². The summed E-state index contributed by atoms with van der Waals surface area (Å²) in [6.45, 7) is 2.43. The molecule has 2 aliphatic heterocycles. The van der Waals surface area contributed by atoms with Crippen LogP contribution in [0, 0.1) is 5.82 Å². The summed E-state index contributed by atoms with van der Waals surface area (Å²) in [6.07, 6.45) is 4.10. The second-order valence-electron chi connectivity index (χ2n) is 7.19. The molecular weight excluding hydrogens is 407 g/mol. The highest BCUT2D eigenvalue weighted by Gasteiger charge is 2.19. The average Bonchev–Trinajstić information content (AvgIpc) is 3.42. The van der Waals surface area contributed by atoms with E-state index in [4.69, 9.17) is 9.47 Å². The van der Waals surface area contributed by atoms with Gasteiger partial charge in [0.1, 0.15) is 18.3 Å². The maximum atomic E-state index is 14.6. The van der Waals surface area contributed by atoms with Gasteiger partial charge in [-0.25, -0.2) is 9.37 Å². The number of thioether (sulfide) groups is 1. The first-order valence-electron chi connectivity index (χ1n) is 9.74. The van der Waals surface area contributed by atoms with Crippen LogP contribution < -0.4 is 14.8 Å². The first-order valence-corrected chi connectivity index (χ1v) is 11.5. The van der Waals surface area contributed by atoms with E-state index in [-0.39, 0.29) is 11.6 Å². The SMILES string of the molecule is Fc1cc(-c2ccc3c(c2)OCS3)ccc1OCc1cnc(C2CCNCC2)s1. The Kier molecular flexibility index (Phi) is 5.44. The molecule has 1 saturated heterocycles. The lowest BCUT2D eigenvalue weighted by molar-refractivity contribution is 0.293. The maximum absolute atomic E-state index is 14.6. The van der Waals surface area contributed by atoms with Crippen LogP contribution in [0.3, 0.4) is 0 Å². The molecule has 0 unspecified atom stereocenters. The predicted octanol–water partition coefficient (Wildman–Crippen LogP) is 5.44. The molecular formula is C22H21FN2O2S2. The van der Waals surface area contributed by atoms with E-state index in [1.54, 1.807) is 29.2 Å². The van der Waals surface area contributed by atoms with E-state index in [1.165, 1.54) is 6.07 Å². The van der Waals surface area contributed by atoms with Crippen molar-refractivity contribution in [2.24, 2.45) is 0 Å². The molecule has 1 aromatic heterocycles. The molecule has 0 atom stereocenters. The van der Waals surface area contributed by atoms with E-state index in [9.17, 15) is 4.39 Å². The number of hydrogen-bond donors (Lipinski definition) is 1. The molecule has 1 fully saturated rings. The van der Waals surface area contributed by atoms with Crippen LogP contribution in [0.4, 0.5) is 4.39 Å². The van der Waals surface area contributed by atoms with E-state index >= 15 is 0 Å². The smallest absolute Gasteiger partial charge is 0.165 e. The van der Waals surface area contributed by atoms with Crippen molar-refractivity contribution in [3.63, 3.8) is 0 Å². The summed E-state index contributed by atoms with van der Waals surface area (Å²) in [4.78, 5) is 6.71. The Labute approximate surface area is 177 Å². The van der Waals surface area contributed by atoms with Gasteiger partial charge in [0.2, 0.25) is 0 Å². The Bertz CT molecular complexity index is 1020. The molecule has 0 saturated carbocycles. The Balaban J connectivity index is 1.26. The molecule has 0 spiro atoms. The number of nitrogens with one attached hydrogen (secondary N) is 1. The van der Waals surface area contributed by atoms with E-state index in [2.05, 4.69) is 10.3 Å². The first kappa shape index (κ1) is 18.9. The normalized spacial score (nSPS) is 16.4. The highest BCUT2D eigenvalue weighted by atomic mass is 32.2. The zero-order valence-corrected chi connectivity index (χ0v) is 17.5. The lowest BCUT2D eigenvalue weighted by Gasteiger charge is -2.20. The van der Waals surface area contributed by atoms with E-state index in [0.29, 0.717) is 18.5 Å². The number of ether oxygens (including phenoxy) is 2. The maximum Gasteiger partial charge on any atom is 0.165 e. The Morgan fingerprint density at radius 3 is 2.83 bits per heavy atom. The molecule has 150 valence electrons. The van der Waals surface area contributed by atoms with Crippen LogP contribution in [0.2, 0.25) is 0 Å². The number of aromatic nitrogens is 1. The lowest BCUT2D eigenvalue weighted by Crippen LogP contribution is -2.26. The molecule has 29 heavy (non-hydrogen) atoms. The van der Waals surface area contributed by atoms with Gasteiger partial charge in [0.05, 0.1) is 14.8 Å². The molecule has 4 nitrogen and oxygen atoms in total. The summed E-state index contributed by atoms with van der Waals surface area (Å²) in [5, 5.41) is 4.54. The minimum atomic E-state index is -0.360. The Morgan fingerprint density at radius 2 is 1.97 bits per heavy atom. The molecule has 2 aliphatic rings. The van der Waals surface area contributed by atoms with Gasteiger partial charge in [-0.2, -0.15) is 0 Å². The number of rotatable bonds is 5. The largest absolute Gasteiger partial charge is 0.485 e. The molecule has 0 aliphatic carbocycles. The molecule has 0 amide bonds. The quantitative estimate of drug-likeness (QED) is 0.586. The highest BCUT2D eigenvalue weighted by molar-refractivity contribution is 7.99. The van der Waals surface area contributed by atoms with Gasteiger partial charge < -0.3 is 14.8 Å². The van der Waals surface area contributed by atoms with Gasteiger partial charge >= 0.3 is 0 Å². The van der Waals surface area contributed by atoms with Crippen molar-refractivity contribution in [3.05, 3.63) is 58.3 Å². The van der Waals surface area contributed by atoms with Crippen molar-refractivity contribution in [2.75, 3.05) is 19.0 Å². The summed E-state index contributed by atoms with van der Waals surface area (Å²) in [6, 6.07) is 11.1. The number of hydrogen-bond acceptors (Lipinski definition) is 6. The Hall–Kier alpha value is -2.09. The van der Waals surface area contributed by atoms with Gasteiger partial charge in [-0.1, -0.05) is 23.9 Å². The summed E-state index contributed by atoms with van der Waals surface area (Å²) < 4.78 is 26.0. The first-order chi connectivity index (χ1) is 14.3. The van der Waals surface area contributed by atoms with Gasteiger partial charge in [0, 0.05) is 12.1 Å². The fraction of sp³-hybridized carbons (Fsp3) is 0.318. The second-order valence-corrected chi connectivity index (χ2v) is 9.30. The summed E-state index contributed by atoms with van der Waals surface area (Å²) in [7, 11) is 0. The van der Waals surface area contributed by atoms with Gasteiger partial charge in [-0.3, -0.25) is 0 Å². The van der Waals surface area contributed by atoms with Crippen LogP contribution in [-0.2, 0) is 6.61 Å². The number of piperidine rings is 1. The van der Waals surface area contributed by atoms with Gasteiger partial charge in [-0.15, -0.1) is 11.3 Å². The van der Waals surface area contributed by atoms with Crippen LogP contribution in [0.25, 0.3) is 11.1 Å². The number of nitrogens with zero attached hydrogens (tertiary/aromatic N) is 1. The van der Waals surface area contributed by atoms with Crippen molar-refractivity contribution in [2.45, 2.75) is 30.3 Å². The van der Waals surface area contributed by atoms with Crippen molar-refractivity contribution < 1.29 is 13.9 Å². The molecule has 2 aromatic carbocycles. The van der Waals surface area contributed by atoms with Crippen LogP contribution in [-0.4, -0.2) is 24.0 Å². The van der Waals surface area contributed by atoms with Crippen LogP contribution in [0.5, 0.6) is 11.5 Å². The monoisotopic (exact) mass is 428 g/mol. The molecule has 0 bridgehead atoms. The van der Waals surface area contributed by atoms with E-state index in [1.807, 2.05) is 30.5 Å². The van der Waals surface area contributed by atoms with Crippen LogP contribution >= 0.6 is 23.1 Å². The van der Waals surface area contributed by atoms with E-state index in [0.717, 1.165) is 57.6 Å². The minimum absolute atomic E-state index is 0.263. The molecule has 5 rings (SSSR count). The number of thiazole rings is 1. The predicted molar refractivity (Wildman–Crippen MR) is 114 cm³/mol. The van der Waals surface area contributed by atoms with Gasteiger partial charge in [0.25, 0.3) is 0 Å². The van der Waals surface area contributed by atoms with Crippen molar-refractivity contribution in [1.29, 1.82) is 0 Å². The topological polar surface area (TPSA) is 43.4 Å². The van der Waals surface area contributed by atoms with Crippen molar-refractivity contribution >= 4 is 23.1 Å². The molecule has 1 N–H and O–H groups in total. The third-order valence-corrected chi connectivity index (χ3v) is 7.28. The fourth-order valence-corrected chi connectivity index (χ4v) is 5.41. The number of benzene rings is 2. The van der Waals surface area contributed by atoms with Gasteiger partial charge in [0.15, 0.2) is 11.6 Å². The summed E-state index contributed by atoms with van der Waals surface area (Å²) in [5.41, 5.74) is 1.75. The zero-order chi connectivity index (χ0) is 19.6. The van der Waals surface area contributed by atoms with Gasteiger partial charge in [-0.05, 0) is 61.3 Å². The standard InChI is InChI=1S/C22H21FN2O2S2/c23-18-9-15(16-2-4-21-20(10-16)27-13-28-21)1-3-19(18)26-12-17-11-25-22(29-17)14-5-7-24-8-6-14/h1-4,9-11,14,24H,5-8,12-13H2. The molecule has 3 heterocycles. The van der Waals surface area contributed by atoms with Crippen LogP contribution in [0.15, 0.2) is 47.5 Å². The molecule has 7 heteroatoms. The lowest BCUT2D eigenvalue weighted by atomic mass is 9.99. The van der Waals surface area contributed by atoms with E-state index < -0.39 is 0 Å². The Morgan fingerprint density at radius 1 is 1.14 bits per heavy atom. The number of halogens is 1.